The van der Waals surface area contributed by atoms with Gasteiger partial charge in [-0.3, -0.25) is 4.79 Å². The minimum atomic E-state index is -0.176. The molecule has 0 atom stereocenters. The molecule has 2 N–H and O–H groups in total. The zero-order chi connectivity index (χ0) is 15.2. The summed E-state index contributed by atoms with van der Waals surface area (Å²) in [6.45, 7) is 0. The summed E-state index contributed by atoms with van der Waals surface area (Å²) in [5, 5.41) is 13.6. The van der Waals surface area contributed by atoms with Gasteiger partial charge in [0, 0.05) is 0 Å². The summed E-state index contributed by atoms with van der Waals surface area (Å²) in [4.78, 5) is 11.7. The molecule has 0 saturated carbocycles. The molecular weight excluding hydrogens is 447 g/mol. The summed E-state index contributed by atoms with van der Waals surface area (Å²) in [6, 6.07) is 13.0. The Morgan fingerprint density at radius 3 is 2.71 bits per heavy atom. The minimum Gasteiger partial charge on any atom is -0.506 e. The largest absolute Gasteiger partial charge is 0.506 e. The SMILES string of the molecule is O=C(Cc1ccccc1)N/N=C\c1cc(Br)c(O)c(I)c1. The molecule has 0 aliphatic rings. The Balaban J connectivity index is 1.95. The van der Waals surface area contributed by atoms with Gasteiger partial charge in [-0.15, -0.1) is 0 Å². The maximum absolute atomic E-state index is 11.7. The molecular formula is C15H12BrIN2O2. The number of hydrogen-bond acceptors (Lipinski definition) is 3. The Hall–Kier alpha value is -1.41. The van der Waals surface area contributed by atoms with Gasteiger partial charge in [0.25, 0.3) is 0 Å². The van der Waals surface area contributed by atoms with Crippen LogP contribution in [-0.2, 0) is 11.2 Å². The van der Waals surface area contributed by atoms with Crippen molar-refractivity contribution in [2.24, 2.45) is 5.10 Å². The van der Waals surface area contributed by atoms with Crippen LogP contribution in [-0.4, -0.2) is 17.2 Å². The van der Waals surface area contributed by atoms with Gasteiger partial charge in [0.05, 0.1) is 20.7 Å². The van der Waals surface area contributed by atoms with E-state index in [4.69, 9.17) is 0 Å². The van der Waals surface area contributed by atoms with Crippen LogP contribution in [0.25, 0.3) is 0 Å². The van der Waals surface area contributed by atoms with E-state index in [1.807, 2.05) is 52.9 Å². The number of phenolic OH excluding ortho intramolecular Hbond substituents is 1. The molecule has 0 heterocycles. The maximum atomic E-state index is 11.7. The van der Waals surface area contributed by atoms with Crippen molar-refractivity contribution < 1.29 is 9.90 Å². The monoisotopic (exact) mass is 458 g/mol. The van der Waals surface area contributed by atoms with Gasteiger partial charge in [-0.1, -0.05) is 30.3 Å². The Morgan fingerprint density at radius 1 is 1.33 bits per heavy atom. The van der Waals surface area contributed by atoms with Crippen LogP contribution in [0.4, 0.5) is 0 Å². The molecule has 108 valence electrons. The van der Waals surface area contributed by atoms with E-state index in [-0.39, 0.29) is 18.1 Å². The van der Waals surface area contributed by atoms with Crippen molar-refractivity contribution in [3.63, 3.8) is 0 Å². The number of phenols is 1. The van der Waals surface area contributed by atoms with Crippen LogP contribution < -0.4 is 5.43 Å². The Morgan fingerprint density at radius 2 is 2.05 bits per heavy atom. The van der Waals surface area contributed by atoms with Crippen LogP contribution >= 0.6 is 38.5 Å². The van der Waals surface area contributed by atoms with Crippen molar-refractivity contribution in [1.29, 1.82) is 0 Å². The molecule has 0 aromatic heterocycles. The van der Waals surface area contributed by atoms with Gasteiger partial charge in [-0.25, -0.2) is 5.43 Å². The summed E-state index contributed by atoms with van der Waals surface area (Å²) in [6.07, 6.45) is 1.82. The van der Waals surface area contributed by atoms with Crippen LogP contribution in [0.1, 0.15) is 11.1 Å². The first-order valence-corrected chi connectivity index (χ1v) is 7.97. The molecule has 0 aliphatic heterocycles. The van der Waals surface area contributed by atoms with Crippen LogP contribution in [0, 0.1) is 3.57 Å². The maximum Gasteiger partial charge on any atom is 0.244 e. The third-order valence-corrected chi connectivity index (χ3v) is 4.08. The van der Waals surface area contributed by atoms with E-state index in [1.54, 1.807) is 12.1 Å². The van der Waals surface area contributed by atoms with E-state index >= 15 is 0 Å². The second kappa shape index (κ2) is 7.56. The number of aromatic hydroxyl groups is 1. The molecule has 1 amide bonds. The van der Waals surface area contributed by atoms with E-state index in [0.717, 1.165) is 11.1 Å². The van der Waals surface area contributed by atoms with E-state index in [2.05, 4.69) is 26.5 Å². The fraction of sp³-hybridized carbons (Fsp3) is 0.0667. The highest BCUT2D eigenvalue weighted by Gasteiger charge is 2.05. The lowest BCUT2D eigenvalue weighted by molar-refractivity contribution is -0.120. The predicted molar refractivity (Wildman–Crippen MR) is 94.4 cm³/mol. The van der Waals surface area contributed by atoms with E-state index in [9.17, 15) is 9.90 Å². The molecule has 6 heteroatoms. The molecule has 0 saturated heterocycles. The van der Waals surface area contributed by atoms with Crippen LogP contribution in [0.15, 0.2) is 52.0 Å². The number of nitrogens with one attached hydrogen (secondary N) is 1. The number of rotatable bonds is 4. The third-order valence-electron chi connectivity index (χ3n) is 2.65. The van der Waals surface area contributed by atoms with Gasteiger partial charge >= 0.3 is 0 Å². The molecule has 0 unspecified atom stereocenters. The summed E-state index contributed by atoms with van der Waals surface area (Å²) < 4.78 is 1.30. The number of nitrogens with zero attached hydrogens (tertiary/aromatic N) is 1. The zero-order valence-corrected chi connectivity index (χ0v) is 14.6. The van der Waals surface area contributed by atoms with Crippen LogP contribution in [0.3, 0.4) is 0 Å². The van der Waals surface area contributed by atoms with Gasteiger partial charge < -0.3 is 5.11 Å². The van der Waals surface area contributed by atoms with Crippen molar-refractivity contribution in [3.8, 4) is 5.75 Å². The van der Waals surface area contributed by atoms with Gasteiger partial charge in [-0.05, 0) is 61.8 Å². The van der Waals surface area contributed by atoms with Crippen molar-refractivity contribution in [1.82, 2.24) is 5.43 Å². The highest BCUT2D eigenvalue weighted by atomic mass is 127. The normalized spacial score (nSPS) is 10.8. The van der Waals surface area contributed by atoms with Crippen LogP contribution in [0.2, 0.25) is 0 Å². The zero-order valence-electron chi connectivity index (χ0n) is 10.9. The average molecular weight is 459 g/mol. The lowest BCUT2D eigenvalue weighted by atomic mass is 10.1. The number of carbonyl (C=O) groups is 1. The fourth-order valence-corrected chi connectivity index (χ4v) is 3.16. The average Bonchev–Trinajstić information content (AvgIpc) is 2.45. The second-order valence-electron chi connectivity index (χ2n) is 4.29. The molecule has 0 fully saturated rings. The van der Waals surface area contributed by atoms with Crippen molar-refractivity contribution >= 4 is 50.6 Å². The number of benzene rings is 2. The number of amides is 1. The highest BCUT2D eigenvalue weighted by Crippen LogP contribution is 2.29. The molecule has 21 heavy (non-hydrogen) atoms. The molecule has 2 aromatic rings. The Bertz CT molecular complexity index is 652. The standard InChI is InChI=1S/C15H12BrIN2O2/c16-12-6-11(7-13(17)15(12)21)9-18-19-14(20)8-10-4-2-1-3-5-10/h1-7,9,21H,8H2,(H,19,20)/b18-9-. The first kappa shape index (κ1) is 16.0. The lowest BCUT2D eigenvalue weighted by Crippen LogP contribution is -2.19. The van der Waals surface area contributed by atoms with E-state index in [0.29, 0.717) is 8.04 Å². The van der Waals surface area contributed by atoms with Crippen molar-refractivity contribution in [2.45, 2.75) is 6.42 Å². The summed E-state index contributed by atoms with van der Waals surface area (Å²) in [5.74, 6) is 0.0193. The quantitative estimate of drug-likeness (QED) is 0.418. The summed E-state index contributed by atoms with van der Waals surface area (Å²) >= 11 is 5.28. The Kier molecular flexibility index (Phi) is 5.75. The third kappa shape index (κ3) is 4.82. The first-order chi connectivity index (χ1) is 10.1. The van der Waals surface area contributed by atoms with Gasteiger partial charge in [0.1, 0.15) is 5.75 Å². The van der Waals surface area contributed by atoms with Crippen LogP contribution in [0.5, 0.6) is 5.75 Å². The fourth-order valence-electron chi connectivity index (χ4n) is 1.66. The number of hydrazone groups is 1. The highest BCUT2D eigenvalue weighted by molar-refractivity contribution is 14.1. The summed E-state index contributed by atoms with van der Waals surface area (Å²) in [7, 11) is 0. The van der Waals surface area contributed by atoms with Gasteiger partial charge in [-0.2, -0.15) is 5.10 Å². The number of carbonyl (C=O) groups excluding carboxylic acids is 1. The van der Waals surface area contributed by atoms with Crippen molar-refractivity contribution in [2.75, 3.05) is 0 Å². The molecule has 0 spiro atoms. The van der Waals surface area contributed by atoms with Crippen molar-refractivity contribution in [3.05, 3.63) is 61.6 Å². The van der Waals surface area contributed by atoms with Gasteiger partial charge in [0.2, 0.25) is 5.91 Å². The van der Waals surface area contributed by atoms with E-state index < -0.39 is 0 Å². The molecule has 2 aromatic carbocycles. The minimum absolute atomic E-state index is 0.176. The molecule has 2 rings (SSSR count). The van der Waals surface area contributed by atoms with E-state index in [1.165, 1.54) is 6.21 Å². The molecule has 0 radical (unpaired) electrons. The Labute approximate surface area is 144 Å². The molecule has 0 bridgehead atoms. The number of hydrogen-bond donors (Lipinski definition) is 2. The van der Waals surface area contributed by atoms with Gasteiger partial charge in [0.15, 0.2) is 0 Å². The smallest absolute Gasteiger partial charge is 0.244 e. The topological polar surface area (TPSA) is 61.7 Å². The predicted octanol–water partition coefficient (Wildman–Crippen LogP) is 3.45. The second-order valence-corrected chi connectivity index (χ2v) is 6.31. The summed E-state index contributed by atoms with van der Waals surface area (Å²) in [5.41, 5.74) is 4.20. The first-order valence-electron chi connectivity index (χ1n) is 6.10. The molecule has 0 aliphatic carbocycles. The number of halogens is 2. The lowest BCUT2D eigenvalue weighted by Gasteiger charge is -2.02. The molecule has 4 nitrogen and oxygen atoms in total.